The summed E-state index contributed by atoms with van der Waals surface area (Å²) >= 11 is 0.971. The van der Waals surface area contributed by atoms with Crippen LogP contribution in [-0.4, -0.2) is 28.5 Å². The number of rotatable bonds is 4. The Morgan fingerprint density at radius 2 is 2.03 bits per heavy atom. The summed E-state index contributed by atoms with van der Waals surface area (Å²) in [5.74, 6) is -1.46. The van der Waals surface area contributed by atoms with Gasteiger partial charge in [0.15, 0.2) is 4.80 Å². The van der Waals surface area contributed by atoms with E-state index in [0.717, 1.165) is 17.6 Å². The van der Waals surface area contributed by atoms with Crippen molar-refractivity contribution in [3.63, 3.8) is 0 Å². The predicted molar refractivity (Wildman–Crippen MR) is 111 cm³/mol. The molecular formula is C20H13N3O7S. The number of nitrogens with zero attached hydrogens (tertiary/aromatic N) is 3. The van der Waals surface area contributed by atoms with Crippen molar-refractivity contribution in [2.24, 2.45) is 4.99 Å². The maximum atomic E-state index is 12.8. The summed E-state index contributed by atoms with van der Waals surface area (Å²) in [6, 6.07) is 10.5. The normalized spacial score (nSPS) is 11.7. The number of amides is 1. The summed E-state index contributed by atoms with van der Waals surface area (Å²) in [5, 5.41) is 11.3. The van der Waals surface area contributed by atoms with Gasteiger partial charge >= 0.3 is 5.97 Å². The number of ether oxygens (including phenoxy) is 1. The lowest BCUT2D eigenvalue weighted by atomic mass is 10.2. The minimum absolute atomic E-state index is 0.0819. The molecule has 0 atom stereocenters. The maximum absolute atomic E-state index is 12.8. The summed E-state index contributed by atoms with van der Waals surface area (Å²) in [5.41, 5.74) is -0.164. The van der Waals surface area contributed by atoms with Crippen molar-refractivity contribution in [1.82, 2.24) is 4.57 Å². The molecule has 0 saturated carbocycles. The van der Waals surface area contributed by atoms with E-state index >= 15 is 0 Å². The summed E-state index contributed by atoms with van der Waals surface area (Å²) in [7, 11) is 1.21. The first kappa shape index (κ1) is 20.2. The Morgan fingerprint density at radius 3 is 2.77 bits per heavy atom. The quantitative estimate of drug-likeness (QED) is 0.271. The highest BCUT2D eigenvalue weighted by Crippen LogP contribution is 2.23. The number of non-ortho nitro benzene ring substituents is 1. The monoisotopic (exact) mass is 439 g/mol. The molecule has 0 spiro atoms. The number of benzene rings is 2. The molecule has 0 unspecified atom stereocenters. The Kier molecular flexibility index (Phi) is 5.17. The molecule has 0 aliphatic rings. The fraction of sp³-hybridized carbons (Fsp3) is 0.100. The number of nitro benzene ring substituents is 1. The van der Waals surface area contributed by atoms with Gasteiger partial charge < -0.3 is 13.7 Å². The van der Waals surface area contributed by atoms with E-state index in [-0.39, 0.29) is 28.0 Å². The topological polar surface area (TPSA) is 134 Å². The first-order chi connectivity index (χ1) is 14.9. The van der Waals surface area contributed by atoms with Crippen molar-refractivity contribution in [3.8, 4) is 0 Å². The molecule has 0 aliphatic heterocycles. The van der Waals surface area contributed by atoms with Crippen LogP contribution in [0.2, 0.25) is 0 Å². The smallest absolute Gasteiger partial charge is 0.325 e. The van der Waals surface area contributed by atoms with Crippen LogP contribution >= 0.6 is 11.3 Å². The van der Waals surface area contributed by atoms with E-state index < -0.39 is 22.2 Å². The molecule has 0 N–H and O–H groups in total. The lowest BCUT2D eigenvalue weighted by Crippen LogP contribution is -2.23. The number of hydrogen-bond acceptors (Lipinski definition) is 8. The van der Waals surface area contributed by atoms with E-state index in [9.17, 15) is 24.5 Å². The molecule has 4 rings (SSSR count). The van der Waals surface area contributed by atoms with Crippen LogP contribution in [0.15, 0.2) is 62.9 Å². The summed E-state index contributed by atoms with van der Waals surface area (Å²) in [6.07, 6.45) is 1.04. The Morgan fingerprint density at radius 1 is 1.26 bits per heavy atom. The second-order valence-corrected chi connectivity index (χ2v) is 7.36. The first-order valence-corrected chi connectivity index (χ1v) is 9.65. The van der Waals surface area contributed by atoms with Gasteiger partial charge in [-0.3, -0.25) is 24.5 Å². The average molecular weight is 439 g/mol. The molecular weight excluding hydrogens is 426 g/mol. The number of carbonyl (C=O) groups excluding carboxylic acids is 2. The van der Waals surface area contributed by atoms with Crippen LogP contribution in [0.4, 0.5) is 5.69 Å². The predicted octanol–water partition coefficient (Wildman–Crippen LogP) is 2.63. The SMILES string of the molecule is COC(=O)Cn1c(=NC(=O)c2coc3ccccc3c2=O)sc2cc([N+](=O)[O-])ccc21. The minimum atomic E-state index is -0.862. The number of methoxy groups -OCH3 is 1. The van der Waals surface area contributed by atoms with Gasteiger partial charge in [0, 0.05) is 12.1 Å². The second-order valence-electron chi connectivity index (χ2n) is 6.35. The van der Waals surface area contributed by atoms with Gasteiger partial charge in [-0.1, -0.05) is 23.5 Å². The van der Waals surface area contributed by atoms with E-state index in [1.807, 2.05) is 0 Å². The number of fused-ring (bicyclic) bond motifs is 2. The van der Waals surface area contributed by atoms with Crippen LogP contribution in [0.5, 0.6) is 0 Å². The van der Waals surface area contributed by atoms with Gasteiger partial charge in [0.2, 0.25) is 5.43 Å². The molecule has 10 nitrogen and oxygen atoms in total. The van der Waals surface area contributed by atoms with Gasteiger partial charge in [-0.2, -0.15) is 4.99 Å². The third kappa shape index (κ3) is 3.73. The standard InChI is InChI=1S/C20H13N3O7S/c1-29-17(24)9-22-14-7-6-11(23(27)28)8-16(14)31-20(22)21-19(26)13-10-30-15-5-3-2-4-12(15)18(13)25/h2-8,10H,9H2,1H3. The third-order valence-corrected chi connectivity index (χ3v) is 5.54. The largest absolute Gasteiger partial charge is 0.468 e. The van der Waals surface area contributed by atoms with Gasteiger partial charge in [0.1, 0.15) is 24.0 Å². The Bertz CT molecular complexity index is 1500. The molecule has 31 heavy (non-hydrogen) atoms. The fourth-order valence-corrected chi connectivity index (χ4v) is 4.04. The van der Waals surface area contributed by atoms with Crippen LogP contribution in [0, 0.1) is 10.1 Å². The molecule has 0 bridgehead atoms. The highest BCUT2D eigenvalue weighted by atomic mass is 32.1. The lowest BCUT2D eigenvalue weighted by Gasteiger charge is -2.03. The van der Waals surface area contributed by atoms with Gasteiger partial charge in [-0.05, 0) is 18.2 Å². The number of hydrogen-bond donors (Lipinski definition) is 0. The maximum Gasteiger partial charge on any atom is 0.325 e. The zero-order chi connectivity index (χ0) is 22.1. The number of nitro groups is 1. The number of thiazole rings is 1. The van der Waals surface area contributed by atoms with E-state index in [1.165, 1.54) is 35.9 Å². The van der Waals surface area contributed by atoms with Gasteiger partial charge in [-0.25, -0.2) is 0 Å². The van der Waals surface area contributed by atoms with Crippen molar-refractivity contribution in [2.75, 3.05) is 7.11 Å². The molecule has 4 aromatic rings. The van der Waals surface area contributed by atoms with Crippen LogP contribution in [0.25, 0.3) is 21.2 Å². The molecule has 156 valence electrons. The second kappa shape index (κ2) is 7.95. The molecule has 1 amide bonds. The van der Waals surface area contributed by atoms with E-state index in [1.54, 1.807) is 18.2 Å². The molecule has 2 heterocycles. The molecule has 11 heteroatoms. The van der Waals surface area contributed by atoms with E-state index in [4.69, 9.17) is 9.15 Å². The number of esters is 1. The molecule has 0 aliphatic carbocycles. The fourth-order valence-electron chi connectivity index (χ4n) is 2.98. The van der Waals surface area contributed by atoms with Gasteiger partial charge in [-0.15, -0.1) is 0 Å². The van der Waals surface area contributed by atoms with E-state index in [2.05, 4.69) is 4.99 Å². The van der Waals surface area contributed by atoms with Crippen molar-refractivity contribution < 1.29 is 23.7 Å². The molecule has 0 radical (unpaired) electrons. The van der Waals surface area contributed by atoms with Crippen molar-refractivity contribution in [1.29, 1.82) is 0 Å². The summed E-state index contributed by atoms with van der Waals surface area (Å²) in [4.78, 5) is 51.9. The van der Waals surface area contributed by atoms with Gasteiger partial charge in [0.05, 0.1) is 27.6 Å². The summed E-state index contributed by atoms with van der Waals surface area (Å²) in [6.45, 7) is -0.271. The van der Waals surface area contributed by atoms with Crippen LogP contribution in [0.1, 0.15) is 10.4 Å². The first-order valence-electron chi connectivity index (χ1n) is 8.83. The molecule has 0 fully saturated rings. The average Bonchev–Trinajstić information content (AvgIpc) is 3.09. The van der Waals surface area contributed by atoms with Crippen molar-refractivity contribution in [3.05, 3.63) is 79.4 Å². The van der Waals surface area contributed by atoms with Crippen LogP contribution in [-0.2, 0) is 16.1 Å². The van der Waals surface area contributed by atoms with Crippen LogP contribution < -0.4 is 10.2 Å². The van der Waals surface area contributed by atoms with Crippen LogP contribution in [0.3, 0.4) is 0 Å². The van der Waals surface area contributed by atoms with E-state index in [0.29, 0.717) is 15.8 Å². The third-order valence-electron chi connectivity index (χ3n) is 4.50. The Balaban J connectivity index is 1.89. The molecule has 2 aromatic heterocycles. The highest BCUT2D eigenvalue weighted by molar-refractivity contribution is 7.16. The van der Waals surface area contributed by atoms with Crippen molar-refractivity contribution >= 4 is 50.1 Å². The zero-order valence-electron chi connectivity index (χ0n) is 15.9. The molecule has 0 saturated heterocycles. The number of para-hydroxylation sites is 1. The van der Waals surface area contributed by atoms with Crippen molar-refractivity contribution in [2.45, 2.75) is 6.54 Å². The highest BCUT2D eigenvalue weighted by Gasteiger charge is 2.17. The van der Waals surface area contributed by atoms with Gasteiger partial charge in [0.25, 0.3) is 11.6 Å². The Labute approximate surface area is 176 Å². The zero-order valence-corrected chi connectivity index (χ0v) is 16.8. The Hall–Kier alpha value is -4.12. The summed E-state index contributed by atoms with van der Waals surface area (Å²) < 4.78 is 11.9. The number of carbonyl (C=O) groups is 2. The lowest BCUT2D eigenvalue weighted by molar-refractivity contribution is -0.384. The minimum Gasteiger partial charge on any atom is -0.468 e. The molecule has 2 aromatic carbocycles. The number of aromatic nitrogens is 1.